The molecule has 0 radical (unpaired) electrons. The average Bonchev–Trinajstić information content (AvgIpc) is 3.00. The number of hydrogen-bond donors (Lipinski definition) is 1. The van der Waals surface area contributed by atoms with Gasteiger partial charge in [0.2, 0.25) is 11.8 Å². The number of piperidine rings is 1. The van der Waals surface area contributed by atoms with Gasteiger partial charge in [-0.25, -0.2) is 0 Å². The molecule has 1 aromatic heterocycles. The Bertz CT molecular complexity index is 521. The molecule has 7 heteroatoms. The highest BCUT2D eigenvalue weighted by Crippen LogP contribution is 2.18. The van der Waals surface area contributed by atoms with Crippen molar-refractivity contribution in [3.05, 3.63) is 22.7 Å². The Morgan fingerprint density at radius 2 is 2.05 bits per heavy atom. The second kappa shape index (κ2) is 7.31. The summed E-state index contributed by atoms with van der Waals surface area (Å²) in [5.74, 6) is -0.0544. The molecule has 0 spiro atoms. The average molecular weight is 308 g/mol. The summed E-state index contributed by atoms with van der Waals surface area (Å²) in [6, 6.07) is 0. The van der Waals surface area contributed by atoms with E-state index < -0.39 is 0 Å². The molecule has 1 aliphatic rings. The Morgan fingerprint density at radius 3 is 2.62 bits per heavy atom. The molecule has 0 aromatic carbocycles. The lowest BCUT2D eigenvalue weighted by Gasteiger charge is -2.30. The molecule has 0 unspecified atom stereocenters. The van der Waals surface area contributed by atoms with Crippen LogP contribution >= 0.6 is 11.3 Å². The van der Waals surface area contributed by atoms with E-state index in [1.807, 2.05) is 6.92 Å². The zero-order valence-electron chi connectivity index (χ0n) is 12.2. The van der Waals surface area contributed by atoms with E-state index in [1.165, 1.54) is 17.4 Å². The third kappa shape index (κ3) is 4.10. The lowest BCUT2D eigenvalue weighted by atomic mass is 9.96. The van der Waals surface area contributed by atoms with E-state index in [0.717, 1.165) is 16.4 Å². The number of likely N-dealkylation sites (tertiary alicyclic amines) is 1. The van der Waals surface area contributed by atoms with Gasteiger partial charge < -0.3 is 10.2 Å². The minimum atomic E-state index is -0.0604. The summed E-state index contributed by atoms with van der Waals surface area (Å²) in [7, 11) is 0. The minimum absolute atomic E-state index is 0.0302. The molecule has 1 saturated heterocycles. The van der Waals surface area contributed by atoms with Crippen molar-refractivity contribution in [3.63, 3.8) is 0 Å². The lowest BCUT2D eigenvalue weighted by Crippen LogP contribution is -2.42. The van der Waals surface area contributed by atoms with E-state index in [2.05, 4.69) is 22.1 Å². The second-order valence-corrected chi connectivity index (χ2v) is 6.11. The Labute approximate surface area is 128 Å². The van der Waals surface area contributed by atoms with Crippen molar-refractivity contribution < 1.29 is 9.59 Å². The second-order valence-electron chi connectivity index (χ2n) is 4.96. The van der Waals surface area contributed by atoms with Crippen molar-refractivity contribution in [1.29, 1.82) is 0 Å². The summed E-state index contributed by atoms with van der Waals surface area (Å²) in [4.78, 5) is 25.3. The normalized spacial score (nSPS) is 15.8. The van der Waals surface area contributed by atoms with Gasteiger partial charge in [0.25, 0.3) is 0 Å². The van der Waals surface area contributed by atoms with E-state index in [0.29, 0.717) is 32.5 Å². The number of hydrogen-bond acceptors (Lipinski definition) is 5. The first-order chi connectivity index (χ1) is 10.1. The molecule has 0 saturated carbocycles. The van der Waals surface area contributed by atoms with E-state index in [9.17, 15) is 9.59 Å². The van der Waals surface area contributed by atoms with Gasteiger partial charge >= 0.3 is 0 Å². The fraction of sp³-hybridized carbons (Fsp3) is 0.571. The molecular weight excluding hydrogens is 288 g/mol. The molecule has 1 aromatic rings. The molecular formula is C14H20N4O2S. The predicted molar refractivity (Wildman–Crippen MR) is 80.6 cm³/mol. The fourth-order valence-electron chi connectivity index (χ4n) is 2.30. The van der Waals surface area contributed by atoms with Crippen LogP contribution in [0.2, 0.25) is 0 Å². The van der Waals surface area contributed by atoms with Gasteiger partial charge in [-0.15, -0.1) is 10.2 Å². The minimum Gasteiger partial charge on any atom is -0.349 e. The van der Waals surface area contributed by atoms with Gasteiger partial charge in [-0.3, -0.25) is 9.59 Å². The van der Waals surface area contributed by atoms with Crippen molar-refractivity contribution in [1.82, 2.24) is 20.4 Å². The summed E-state index contributed by atoms with van der Waals surface area (Å²) in [6.45, 7) is 7.17. The fourth-order valence-corrected chi connectivity index (χ4v) is 3.02. The maximum absolute atomic E-state index is 12.1. The van der Waals surface area contributed by atoms with Gasteiger partial charge in [0.15, 0.2) is 0 Å². The molecule has 0 atom stereocenters. The van der Waals surface area contributed by atoms with Crippen molar-refractivity contribution >= 4 is 23.2 Å². The van der Waals surface area contributed by atoms with E-state index in [1.54, 1.807) is 4.90 Å². The van der Waals surface area contributed by atoms with Crippen LogP contribution in [0.15, 0.2) is 12.7 Å². The smallest absolute Gasteiger partial charge is 0.245 e. The van der Waals surface area contributed by atoms with E-state index in [-0.39, 0.29) is 17.7 Å². The van der Waals surface area contributed by atoms with Gasteiger partial charge in [-0.2, -0.15) is 0 Å². The molecule has 114 valence electrons. The topological polar surface area (TPSA) is 75.2 Å². The van der Waals surface area contributed by atoms with Crippen molar-refractivity contribution in [2.24, 2.45) is 5.92 Å². The van der Waals surface area contributed by atoms with Gasteiger partial charge in [0, 0.05) is 19.0 Å². The summed E-state index contributed by atoms with van der Waals surface area (Å²) < 4.78 is 0. The maximum Gasteiger partial charge on any atom is 0.245 e. The van der Waals surface area contributed by atoms with Crippen LogP contribution in [0, 0.1) is 5.92 Å². The summed E-state index contributed by atoms with van der Waals surface area (Å²) in [5.41, 5.74) is 0. The summed E-state index contributed by atoms with van der Waals surface area (Å²) >= 11 is 1.53. The van der Waals surface area contributed by atoms with E-state index >= 15 is 0 Å². The largest absolute Gasteiger partial charge is 0.349 e. The third-order valence-corrected chi connectivity index (χ3v) is 4.64. The summed E-state index contributed by atoms with van der Waals surface area (Å²) in [5, 5.41) is 12.8. The first kappa shape index (κ1) is 15.6. The molecule has 1 N–H and O–H groups in total. The SMILES string of the molecule is C=CC(=O)N1CCC(C(=O)NCc2nnc(CC)s2)CC1. The van der Waals surface area contributed by atoms with Crippen LogP contribution in [0.25, 0.3) is 0 Å². The molecule has 1 aliphatic heterocycles. The molecule has 2 rings (SSSR count). The van der Waals surface area contributed by atoms with Crippen molar-refractivity contribution in [2.75, 3.05) is 13.1 Å². The molecule has 2 heterocycles. The third-order valence-electron chi connectivity index (χ3n) is 3.58. The number of aromatic nitrogens is 2. The highest BCUT2D eigenvalue weighted by Gasteiger charge is 2.26. The zero-order valence-corrected chi connectivity index (χ0v) is 13.0. The molecule has 2 amide bonds. The quantitative estimate of drug-likeness (QED) is 0.828. The monoisotopic (exact) mass is 308 g/mol. The highest BCUT2D eigenvalue weighted by molar-refractivity contribution is 7.11. The van der Waals surface area contributed by atoms with Crippen LogP contribution in [0.4, 0.5) is 0 Å². The van der Waals surface area contributed by atoms with Gasteiger partial charge in [-0.1, -0.05) is 24.8 Å². The van der Waals surface area contributed by atoms with Crippen LogP contribution in [0.3, 0.4) is 0 Å². The Balaban J connectivity index is 1.77. The predicted octanol–water partition coefficient (Wildman–Crippen LogP) is 1.14. The molecule has 0 aliphatic carbocycles. The van der Waals surface area contributed by atoms with Gasteiger partial charge in [-0.05, 0) is 25.3 Å². The van der Waals surface area contributed by atoms with Gasteiger partial charge in [0.05, 0.1) is 6.54 Å². The van der Waals surface area contributed by atoms with Crippen LogP contribution < -0.4 is 5.32 Å². The lowest BCUT2D eigenvalue weighted by molar-refractivity contribution is -0.132. The number of amides is 2. The van der Waals surface area contributed by atoms with Crippen molar-refractivity contribution in [3.8, 4) is 0 Å². The van der Waals surface area contributed by atoms with Gasteiger partial charge in [0.1, 0.15) is 10.0 Å². The standard InChI is InChI=1S/C14H20N4O2S/c1-3-11-16-17-12(21-11)9-15-14(20)10-5-7-18(8-6-10)13(19)4-2/h4,10H,2-3,5-9H2,1H3,(H,15,20). The van der Waals surface area contributed by atoms with Crippen LogP contribution in [-0.2, 0) is 22.6 Å². The van der Waals surface area contributed by atoms with E-state index in [4.69, 9.17) is 0 Å². The maximum atomic E-state index is 12.1. The zero-order chi connectivity index (χ0) is 15.2. The number of aryl methyl sites for hydroxylation is 1. The number of carbonyl (C=O) groups excluding carboxylic acids is 2. The molecule has 21 heavy (non-hydrogen) atoms. The highest BCUT2D eigenvalue weighted by atomic mass is 32.1. The molecule has 1 fully saturated rings. The number of nitrogens with one attached hydrogen (secondary N) is 1. The number of carbonyl (C=O) groups is 2. The number of nitrogens with zero attached hydrogens (tertiary/aromatic N) is 3. The molecule has 0 bridgehead atoms. The summed E-state index contributed by atoms with van der Waals surface area (Å²) in [6.07, 6.45) is 3.58. The van der Waals surface area contributed by atoms with Crippen LogP contribution in [0.1, 0.15) is 29.8 Å². The first-order valence-corrected chi connectivity index (χ1v) is 7.96. The van der Waals surface area contributed by atoms with Crippen LogP contribution in [-0.4, -0.2) is 40.0 Å². The first-order valence-electron chi connectivity index (χ1n) is 7.14. The van der Waals surface area contributed by atoms with Crippen LogP contribution in [0.5, 0.6) is 0 Å². The Kier molecular flexibility index (Phi) is 5.44. The molecule has 6 nitrogen and oxygen atoms in total. The Morgan fingerprint density at radius 1 is 1.38 bits per heavy atom. The van der Waals surface area contributed by atoms with Crippen molar-refractivity contribution in [2.45, 2.75) is 32.7 Å². The number of rotatable bonds is 5. The Hall–Kier alpha value is -1.76.